The van der Waals surface area contributed by atoms with Crippen LogP contribution in [0.25, 0.3) is 0 Å². The minimum Gasteiger partial charge on any atom is -0.495 e. The van der Waals surface area contributed by atoms with Crippen molar-refractivity contribution in [1.29, 1.82) is 0 Å². The molecule has 0 spiro atoms. The zero-order valence-electron chi connectivity index (χ0n) is 13.3. The van der Waals surface area contributed by atoms with Crippen molar-refractivity contribution >= 4 is 11.6 Å². The third kappa shape index (κ3) is 3.36. The highest BCUT2D eigenvalue weighted by atomic mass is 35.5. The first-order chi connectivity index (χ1) is 9.83. The Morgan fingerprint density at radius 3 is 2.29 bits per heavy atom. The average Bonchev–Trinajstić information content (AvgIpc) is 2.48. The van der Waals surface area contributed by atoms with Crippen molar-refractivity contribution in [2.45, 2.75) is 51.2 Å². The van der Waals surface area contributed by atoms with Crippen molar-refractivity contribution in [3.05, 3.63) is 28.8 Å². The predicted octanol–water partition coefficient (Wildman–Crippen LogP) is 4.37. The summed E-state index contributed by atoms with van der Waals surface area (Å²) in [5.41, 5.74) is 0.589. The molecule has 1 N–H and O–H groups in total. The first-order valence-corrected chi connectivity index (χ1v) is 7.78. The summed E-state index contributed by atoms with van der Waals surface area (Å²) in [6.07, 6.45) is 3.11. The lowest BCUT2D eigenvalue weighted by molar-refractivity contribution is -0.138. The fourth-order valence-electron chi connectivity index (χ4n) is 3.09. The number of benzene rings is 1. The van der Waals surface area contributed by atoms with E-state index >= 15 is 0 Å². The third-order valence-electron chi connectivity index (χ3n) is 4.85. The molecule has 0 bridgehead atoms. The lowest BCUT2D eigenvalue weighted by atomic mass is 9.68. The van der Waals surface area contributed by atoms with Crippen LogP contribution in [-0.4, -0.2) is 24.9 Å². The van der Waals surface area contributed by atoms with Gasteiger partial charge in [0.15, 0.2) is 0 Å². The van der Waals surface area contributed by atoms with Gasteiger partial charge < -0.3 is 14.6 Å². The van der Waals surface area contributed by atoms with Gasteiger partial charge in [-0.15, -0.1) is 0 Å². The molecule has 0 saturated heterocycles. The molecule has 1 aliphatic carbocycles. The number of methoxy groups -OCH3 is 2. The van der Waals surface area contributed by atoms with E-state index in [-0.39, 0.29) is 0 Å². The lowest BCUT2D eigenvalue weighted by Gasteiger charge is -2.45. The van der Waals surface area contributed by atoms with Crippen LogP contribution in [0.2, 0.25) is 5.02 Å². The smallest absolute Gasteiger partial charge is 0.137 e. The number of aliphatic hydroxyl groups excluding tert-OH is 1. The summed E-state index contributed by atoms with van der Waals surface area (Å²) in [5.74, 6) is 0.579. The minimum atomic E-state index is -0.676. The molecule has 118 valence electrons. The van der Waals surface area contributed by atoms with E-state index in [9.17, 15) is 5.11 Å². The molecule has 0 radical (unpaired) electrons. The highest BCUT2D eigenvalue weighted by Gasteiger charge is 2.44. The topological polar surface area (TPSA) is 38.7 Å². The molecular weight excluding hydrogens is 288 g/mol. The number of halogens is 1. The van der Waals surface area contributed by atoms with Gasteiger partial charge in [-0.2, -0.15) is 0 Å². The number of aliphatic hydroxyl groups is 1. The Kier molecular flexibility index (Phi) is 4.86. The van der Waals surface area contributed by atoms with Crippen LogP contribution in [0.5, 0.6) is 5.75 Å². The van der Waals surface area contributed by atoms with Crippen LogP contribution in [0, 0.1) is 5.41 Å². The zero-order valence-corrected chi connectivity index (χ0v) is 14.0. The number of rotatable bonds is 4. The van der Waals surface area contributed by atoms with Crippen LogP contribution < -0.4 is 4.74 Å². The fourth-order valence-corrected chi connectivity index (χ4v) is 3.28. The standard InChI is InChI=1S/C17H25ClO3/c1-16(2)7-9-17(21-4,10-8-16)15(19)12-5-6-13(18)14(11-12)20-3/h5-6,11,15,19H,7-10H2,1-4H3. The first-order valence-electron chi connectivity index (χ1n) is 7.40. The normalized spacial score (nSPS) is 21.8. The van der Waals surface area contributed by atoms with Gasteiger partial charge in [0, 0.05) is 7.11 Å². The SMILES string of the molecule is COc1cc(C(O)C2(OC)CCC(C)(C)CC2)ccc1Cl. The van der Waals surface area contributed by atoms with E-state index in [0.29, 0.717) is 16.2 Å². The molecule has 2 rings (SSSR count). The second-order valence-corrected chi connectivity index (χ2v) is 7.14. The Balaban J connectivity index is 2.26. The predicted molar refractivity (Wildman–Crippen MR) is 85.0 cm³/mol. The van der Waals surface area contributed by atoms with Gasteiger partial charge in [-0.05, 0) is 48.8 Å². The molecule has 1 saturated carbocycles. The summed E-state index contributed by atoms with van der Waals surface area (Å²) in [7, 11) is 3.27. The molecule has 4 heteroatoms. The highest BCUT2D eigenvalue weighted by Crippen LogP contribution is 2.47. The van der Waals surface area contributed by atoms with Gasteiger partial charge in [-0.25, -0.2) is 0 Å². The number of hydrogen-bond donors (Lipinski definition) is 1. The van der Waals surface area contributed by atoms with E-state index in [1.807, 2.05) is 6.07 Å². The molecule has 1 aromatic carbocycles. The van der Waals surface area contributed by atoms with E-state index in [1.165, 1.54) is 0 Å². The van der Waals surface area contributed by atoms with Crippen molar-refractivity contribution < 1.29 is 14.6 Å². The molecule has 0 heterocycles. The monoisotopic (exact) mass is 312 g/mol. The van der Waals surface area contributed by atoms with Crippen molar-refractivity contribution in [2.24, 2.45) is 5.41 Å². The minimum absolute atomic E-state index is 0.319. The molecule has 21 heavy (non-hydrogen) atoms. The van der Waals surface area contributed by atoms with E-state index in [4.69, 9.17) is 21.1 Å². The van der Waals surface area contributed by atoms with Crippen LogP contribution >= 0.6 is 11.6 Å². The van der Waals surface area contributed by atoms with Gasteiger partial charge in [0.25, 0.3) is 0 Å². The Morgan fingerprint density at radius 1 is 1.14 bits per heavy atom. The van der Waals surface area contributed by atoms with Gasteiger partial charge in [-0.3, -0.25) is 0 Å². The average molecular weight is 313 g/mol. The maximum Gasteiger partial charge on any atom is 0.137 e. The summed E-state index contributed by atoms with van der Waals surface area (Å²) < 4.78 is 11.0. The van der Waals surface area contributed by atoms with E-state index in [2.05, 4.69) is 13.8 Å². The zero-order chi connectivity index (χ0) is 15.7. The molecule has 1 fully saturated rings. The molecule has 3 nitrogen and oxygen atoms in total. The van der Waals surface area contributed by atoms with Crippen molar-refractivity contribution in [2.75, 3.05) is 14.2 Å². The Bertz CT molecular complexity index is 489. The first kappa shape index (κ1) is 16.6. The highest BCUT2D eigenvalue weighted by molar-refractivity contribution is 6.32. The summed E-state index contributed by atoms with van der Waals surface area (Å²) in [6, 6.07) is 5.40. The van der Waals surface area contributed by atoms with Crippen molar-refractivity contribution in [3.8, 4) is 5.75 Å². The van der Waals surface area contributed by atoms with Crippen molar-refractivity contribution in [1.82, 2.24) is 0 Å². The second-order valence-electron chi connectivity index (χ2n) is 6.73. The van der Waals surface area contributed by atoms with Crippen LogP contribution in [0.15, 0.2) is 18.2 Å². The Labute approximate surface area is 132 Å². The van der Waals surface area contributed by atoms with E-state index in [1.54, 1.807) is 26.4 Å². The molecule has 0 aliphatic heterocycles. The summed E-state index contributed by atoms with van der Waals surface area (Å²) in [4.78, 5) is 0. The fraction of sp³-hybridized carbons (Fsp3) is 0.647. The van der Waals surface area contributed by atoms with Gasteiger partial charge in [0.05, 0.1) is 17.7 Å². The van der Waals surface area contributed by atoms with E-state index in [0.717, 1.165) is 31.2 Å². The van der Waals surface area contributed by atoms with E-state index < -0.39 is 11.7 Å². The second kappa shape index (κ2) is 6.15. The van der Waals surface area contributed by atoms with Gasteiger partial charge in [-0.1, -0.05) is 31.5 Å². The van der Waals surface area contributed by atoms with Crippen molar-refractivity contribution in [3.63, 3.8) is 0 Å². The van der Waals surface area contributed by atoms with Crippen LogP contribution in [0.4, 0.5) is 0 Å². The Hall–Kier alpha value is -0.770. The lowest BCUT2D eigenvalue weighted by Crippen LogP contribution is -2.43. The number of ether oxygens (including phenoxy) is 2. The van der Waals surface area contributed by atoms with Gasteiger partial charge >= 0.3 is 0 Å². The molecule has 0 aromatic heterocycles. The molecule has 1 aliphatic rings. The quantitative estimate of drug-likeness (QED) is 0.897. The molecular formula is C17H25ClO3. The molecule has 1 atom stereocenters. The molecule has 0 amide bonds. The van der Waals surface area contributed by atoms with Gasteiger partial charge in [0.2, 0.25) is 0 Å². The van der Waals surface area contributed by atoms with Crippen LogP contribution in [-0.2, 0) is 4.74 Å². The largest absolute Gasteiger partial charge is 0.495 e. The number of hydrogen-bond acceptors (Lipinski definition) is 3. The van der Waals surface area contributed by atoms with Gasteiger partial charge in [0.1, 0.15) is 11.9 Å². The van der Waals surface area contributed by atoms with Crippen LogP contribution in [0.3, 0.4) is 0 Å². The maximum atomic E-state index is 10.9. The molecule has 1 aromatic rings. The maximum absolute atomic E-state index is 10.9. The third-order valence-corrected chi connectivity index (χ3v) is 5.16. The Morgan fingerprint density at radius 2 is 1.76 bits per heavy atom. The molecule has 1 unspecified atom stereocenters. The van der Waals surface area contributed by atoms with Crippen LogP contribution in [0.1, 0.15) is 51.2 Å². The summed E-state index contributed by atoms with van der Waals surface area (Å²) >= 11 is 6.05. The summed E-state index contributed by atoms with van der Waals surface area (Å²) in [6.45, 7) is 4.54. The summed E-state index contributed by atoms with van der Waals surface area (Å²) in [5, 5.41) is 11.4.